The highest BCUT2D eigenvalue weighted by molar-refractivity contribution is 14.1. The van der Waals surface area contributed by atoms with Gasteiger partial charge in [0.1, 0.15) is 0 Å². The average molecular weight is 294 g/mol. The van der Waals surface area contributed by atoms with E-state index in [9.17, 15) is 0 Å². The van der Waals surface area contributed by atoms with E-state index in [-0.39, 0.29) is 0 Å². The van der Waals surface area contributed by atoms with E-state index < -0.39 is 0 Å². The topological polar surface area (TPSA) is 0 Å². The monoisotopic (exact) mass is 294 g/mol. The lowest BCUT2D eigenvalue weighted by atomic mass is 10.0. The van der Waals surface area contributed by atoms with Crippen LogP contribution in [0.2, 0.25) is 0 Å². The lowest BCUT2D eigenvalue weighted by molar-refractivity contribution is 1.42. The predicted octanol–water partition coefficient (Wildman–Crippen LogP) is 4.27. The highest BCUT2D eigenvalue weighted by Gasteiger charge is 2.03. The molecule has 2 aromatic rings. The first kappa shape index (κ1) is 9.71. The second-order valence-electron chi connectivity index (χ2n) is 3.30. The molecule has 70 valence electrons. The van der Waals surface area contributed by atoms with Crippen LogP contribution in [0.1, 0.15) is 5.56 Å². The molecule has 0 saturated carbocycles. The zero-order chi connectivity index (χ0) is 9.97. The van der Waals surface area contributed by atoms with Crippen LogP contribution < -0.4 is 0 Å². The number of aryl methyl sites for hydroxylation is 1. The van der Waals surface area contributed by atoms with Crippen LogP contribution >= 0.6 is 22.6 Å². The second kappa shape index (κ2) is 4.13. The number of benzene rings is 2. The SMILES string of the molecule is Cc1cccc(-c2ccccc2)c1I. The van der Waals surface area contributed by atoms with Gasteiger partial charge in [0.05, 0.1) is 0 Å². The van der Waals surface area contributed by atoms with Crippen molar-refractivity contribution in [1.29, 1.82) is 0 Å². The number of hydrogen-bond acceptors (Lipinski definition) is 0. The first-order valence-corrected chi connectivity index (χ1v) is 5.67. The van der Waals surface area contributed by atoms with E-state index in [1.807, 2.05) is 6.07 Å². The minimum Gasteiger partial charge on any atom is -0.0622 e. The summed E-state index contributed by atoms with van der Waals surface area (Å²) in [6.45, 7) is 2.15. The largest absolute Gasteiger partial charge is 0.0622 e. The molecule has 2 rings (SSSR count). The molecule has 0 fully saturated rings. The smallest absolute Gasteiger partial charge is 0.0237 e. The Morgan fingerprint density at radius 2 is 1.57 bits per heavy atom. The summed E-state index contributed by atoms with van der Waals surface area (Å²) in [6, 6.07) is 16.9. The van der Waals surface area contributed by atoms with Crippen molar-refractivity contribution in [3.05, 3.63) is 57.7 Å². The van der Waals surface area contributed by atoms with E-state index in [4.69, 9.17) is 0 Å². The summed E-state index contributed by atoms with van der Waals surface area (Å²) in [4.78, 5) is 0. The van der Waals surface area contributed by atoms with Gasteiger partial charge in [-0.1, -0.05) is 48.5 Å². The van der Waals surface area contributed by atoms with Crippen molar-refractivity contribution in [1.82, 2.24) is 0 Å². The van der Waals surface area contributed by atoms with Crippen molar-refractivity contribution in [2.45, 2.75) is 6.92 Å². The molecular formula is C13H11I. The minimum atomic E-state index is 1.29. The van der Waals surface area contributed by atoms with Crippen LogP contribution in [0.3, 0.4) is 0 Å². The van der Waals surface area contributed by atoms with E-state index in [0.29, 0.717) is 0 Å². The van der Waals surface area contributed by atoms with Gasteiger partial charge in [-0.15, -0.1) is 0 Å². The molecule has 0 N–H and O–H groups in total. The van der Waals surface area contributed by atoms with E-state index in [1.54, 1.807) is 0 Å². The molecule has 0 aliphatic rings. The normalized spacial score (nSPS) is 10.1. The van der Waals surface area contributed by atoms with Gasteiger partial charge in [0, 0.05) is 3.57 Å². The van der Waals surface area contributed by atoms with E-state index in [2.05, 4.69) is 72.0 Å². The third kappa shape index (κ3) is 1.82. The Hall–Kier alpha value is -0.830. The Kier molecular flexibility index (Phi) is 2.87. The van der Waals surface area contributed by atoms with E-state index in [1.165, 1.54) is 20.3 Å². The number of hydrogen-bond donors (Lipinski definition) is 0. The molecule has 0 bridgehead atoms. The minimum absolute atomic E-state index is 1.29. The fraction of sp³-hybridized carbons (Fsp3) is 0.0769. The summed E-state index contributed by atoms with van der Waals surface area (Å²) >= 11 is 2.41. The van der Waals surface area contributed by atoms with Crippen LogP contribution in [0.15, 0.2) is 48.5 Å². The van der Waals surface area contributed by atoms with Gasteiger partial charge in [-0.25, -0.2) is 0 Å². The lowest BCUT2D eigenvalue weighted by Crippen LogP contribution is -1.85. The third-order valence-corrected chi connectivity index (χ3v) is 3.71. The summed E-state index contributed by atoms with van der Waals surface area (Å²) in [5, 5.41) is 0. The summed E-state index contributed by atoms with van der Waals surface area (Å²) in [5.74, 6) is 0. The molecule has 0 aliphatic carbocycles. The molecule has 14 heavy (non-hydrogen) atoms. The van der Waals surface area contributed by atoms with Gasteiger partial charge in [-0.05, 0) is 46.2 Å². The van der Waals surface area contributed by atoms with Gasteiger partial charge in [0.25, 0.3) is 0 Å². The first-order valence-electron chi connectivity index (χ1n) is 4.59. The van der Waals surface area contributed by atoms with Crippen molar-refractivity contribution < 1.29 is 0 Å². The quantitative estimate of drug-likeness (QED) is 0.689. The Balaban J connectivity index is 2.58. The Bertz CT molecular complexity index is 432. The molecule has 0 atom stereocenters. The zero-order valence-electron chi connectivity index (χ0n) is 8.00. The molecule has 0 heterocycles. The van der Waals surface area contributed by atoms with E-state index >= 15 is 0 Å². The van der Waals surface area contributed by atoms with Gasteiger partial charge >= 0.3 is 0 Å². The summed E-state index contributed by atoms with van der Waals surface area (Å²) in [7, 11) is 0. The molecule has 0 aromatic heterocycles. The van der Waals surface area contributed by atoms with Crippen molar-refractivity contribution in [3.8, 4) is 11.1 Å². The number of rotatable bonds is 1. The fourth-order valence-electron chi connectivity index (χ4n) is 1.49. The molecule has 0 unspecified atom stereocenters. The van der Waals surface area contributed by atoms with Gasteiger partial charge in [0.15, 0.2) is 0 Å². The van der Waals surface area contributed by atoms with E-state index in [0.717, 1.165) is 0 Å². The molecule has 0 nitrogen and oxygen atoms in total. The Morgan fingerprint density at radius 1 is 0.857 bits per heavy atom. The van der Waals surface area contributed by atoms with Crippen LogP contribution in [0.4, 0.5) is 0 Å². The first-order chi connectivity index (χ1) is 6.79. The van der Waals surface area contributed by atoms with Crippen LogP contribution in [-0.2, 0) is 0 Å². The average Bonchev–Trinajstić information content (AvgIpc) is 2.23. The van der Waals surface area contributed by atoms with Crippen molar-refractivity contribution >= 4 is 22.6 Å². The van der Waals surface area contributed by atoms with Crippen molar-refractivity contribution in [3.63, 3.8) is 0 Å². The Labute approximate surface area is 98.1 Å². The maximum atomic E-state index is 2.41. The molecule has 0 saturated heterocycles. The molecule has 0 radical (unpaired) electrons. The van der Waals surface area contributed by atoms with Gasteiger partial charge < -0.3 is 0 Å². The predicted molar refractivity (Wildman–Crippen MR) is 69.3 cm³/mol. The van der Waals surface area contributed by atoms with Crippen LogP contribution in [0.25, 0.3) is 11.1 Å². The lowest BCUT2D eigenvalue weighted by Gasteiger charge is -2.06. The third-order valence-electron chi connectivity index (χ3n) is 2.28. The number of halogens is 1. The summed E-state index contributed by atoms with van der Waals surface area (Å²) < 4.78 is 1.34. The maximum Gasteiger partial charge on any atom is 0.0237 e. The second-order valence-corrected chi connectivity index (χ2v) is 4.38. The summed E-state index contributed by atoms with van der Waals surface area (Å²) in [6.07, 6.45) is 0. The van der Waals surface area contributed by atoms with Crippen molar-refractivity contribution in [2.24, 2.45) is 0 Å². The highest BCUT2D eigenvalue weighted by Crippen LogP contribution is 2.26. The zero-order valence-corrected chi connectivity index (χ0v) is 10.2. The van der Waals surface area contributed by atoms with Gasteiger partial charge in [-0.2, -0.15) is 0 Å². The van der Waals surface area contributed by atoms with Crippen molar-refractivity contribution in [2.75, 3.05) is 0 Å². The fourth-order valence-corrected chi connectivity index (χ4v) is 2.16. The highest BCUT2D eigenvalue weighted by atomic mass is 127. The molecule has 0 aliphatic heterocycles. The van der Waals surface area contributed by atoms with Gasteiger partial charge in [0.2, 0.25) is 0 Å². The van der Waals surface area contributed by atoms with Crippen LogP contribution in [0.5, 0.6) is 0 Å². The van der Waals surface area contributed by atoms with Gasteiger partial charge in [-0.3, -0.25) is 0 Å². The van der Waals surface area contributed by atoms with Crippen LogP contribution in [0, 0.1) is 10.5 Å². The van der Waals surface area contributed by atoms with Crippen LogP contribution in [-0.4, -0.2) is 0 Å². The molecular weight excluding hydrogens is 283 g/mol. The maximum absolute atomic E-state index is 2.41. The molecule has 0 spiro atoms. The molecule has 2 aromatic carbocycles. The summed E-state index contributed by atoms with van der Waals surface area (Å²) in [5.41, 5.74) is 3.96. The standard InChI is InChI=1S/C13H11I/c1-10-6-5-9-12(13(10)14)11-7-3-2-4-8-11/h2-9H,1H3. The molecule has 1 heteroatoms. The Morgan fingerprint density at radius 3 is 2.29 bits per heavy atom. The molecule has 0 amide bonds.